The highest BCUT2D eigenvalue weighted by Crippen LogP contribution is 2.22. The molecule has 0 amide bonds. The van der Waals surface area contributed by atoms with Crippen LogP contribution in [0.3, 0.4) is 0 Å². The molecule has 0 atom stereocenters. The number of nitrogens with one attached hydrogen (secondary N) is 2. The number of hydrogen-bond donors (Lipinski definition) is 2. The highest BCUT2D eigenvalue weighted by Gasteiger charge is 2.30. The Hall–Kier alpha value is -5.42. The Morgan fingerprint density at radius 1 is 0.703 bits per heavy atom. The van der Waals surface area contributed by atoms with E-state index in [1.807, 2.05) is 0 Å². The molecule has 2 N–H and O–H groups in total. The highest BCUT2D eigenvalue weighted by molar-refractivity contribution is 6.49. The van der Waals surface area contributed by atoms with E-state index in [2.05, 4.69) is 36.7 Å². The first-order valence-corrected chi connectivity index (χ1v) is 10.3. The molecule has 0 spiro atoms. The molecule has 0 aliphatic heterocycles. The number of terminal acetylenes is 2. The van der Waals surface area contributed by atoms with Crippen molar-refractivity contribution in [3.8, 4) is 24.7 Å². The Kier molecular flexibility index (Phi) is 9.68. The van der Waals surface area contributed by atoms with E-state index in [1.165, 1.54) is 24.3 Å². The molecule has 0 saturated heterocycles. The lowest BCUT2D eigenvalue weighted by atomic mass is 10.0. The van der Waals surface area contributed by atoms with Gasteiger partial charge in [-0.1, -0.05) is 11.8 Å². The van der Waals surface area contributed by atoms with E-state index in [-0.39, 0.29) is 46.7 Å². The van der Waals surface area contributed by atoms with Gasteiger partial charge in [0.1, 0.15) is 0 Å². The number of benzene rings is 2. The summed E-state index contributed by atoms with van der Waals surface area (Å²) in [5.41, 5.74) is -0.719. The molecule has 0 aliphatic rings. The van der Waals surface area contributed by atoms with E-state index >= 15 is 0 Å². The van der Waals surface area contributed by atoms with Crippen molar-refractivity contribution in [2.24, 2.45) is 0 Å². The first-order chi connectivity index (χ1) is 17.7. The molecule has 0 aromatic heterocycles. The first kappa shape index (κ1) is 27.8. The maximum absolute atomic E-state index is 12.8. The van der Waals surface area contributed by atoms with E-state index in [1.54, 1.807) is 0 Å². The molecule has 11 heteroatoms. The summed E-state index contributed by atoms with van der Waals surface area (Å²) in [6.07, 6.45) is 10.4. The number of ether oxygens (including phenoxy) is 3. The predicted octanol–water partition coefficient (Wildman–Crippen LogP) is 1.49. The van der Waals surface area contributed by atoms with Crippen molar-refractivity contribution in [2.75, 3.05) is 37.9 Å². The van der Waals surface area contributed by atoms with Gasteiger partial charge in [0.2, 0.25) is 0 Å². The van der Waals surface area contributed by atoms with Crippen molar-refractivity contribution in [1.29, 1.82) is 0 Å². The largest absolute Gasteiger partial charge is 0.465 e. The summed E-state index contributed by atoms with van der Waals surface area (Å²) in [7, 11) is 2.24. The molecule has 11 nitrogen and oxygen atoms in total. The van der Waals surface area contributed by atoms with Crippen molar-refractivity contribution in [2.45, 2.75) is 0 Å². The molecule has 2 aromatic carbocycles. The van der Waals surface area contributed by atoms with Gasteiger partial charge in [-0.15, -0.1) is 12.8 Å². The number of methoxy groups -OCH3 is 2. The smallest absolute Gasteiger partial charge is 0.387 e. The van der Waals surface area contributed by atoms with Crippen LogP contribution in [0.25, 0.3) is 0 Å². The van der Waals surface area contributed by atoms with E-state index < -0.39 is 35.4 Å². The molecule has 2 rings (SSSR count). The van der Waals surface area contributed by atoms with Crippen LogP contribution in [-0.2, 0) is 23.8 Å². The minimum Gasteiger partial charge on any atom is -0.465 e. The molecular weight excluding hydrogens is 484 g/mol. The molecule has 0 fully saturated rings. The van der Waals surface area contributed by atoms with Gasteiger partial charge in [-0.25, -0.2) is 19.2 Å². The standard InChI is InChI=1S/C26H20N2O9/c1-5-11-27-19-9-7-15(23(31)35-3)13-17(19)21(29)25(33)37-26(34)22(30)18-14-16(24(32)36-4)8-10-20(18)28-12-6-2/h1-2,7-10,13-14,27-28H,11-12H2,3-4H3. The third-order valence-electron chi connectivity index (χ3n) is 4.69. The second-order valence-corrected chi connectivity index (χ2v) is 6.95. The van der Waals surface area contributed by atoms with Gasteiger partial charge >= 0.3 is 23.9 Å². The summed E-state index contributed by atoms with van der Waals surface area (Å²) >= 11 is 0. The average Bonchev–Trinajstić information content (AvgIpc) is 2.92. The summed E-state index contributed by atoms with van der Waals surface area (Å²) in [5.74, 6) is -3.13. The molecule has 0 aliphatic carbocycles. The Labute approximate surface area is 211 Å². The van der Waals surface area contributed by atoms with Crippen LogP contribution in [0.4, 0.5) is 11.4 Å². The van der Waals surface area contributed by atoms with Crippen molar-refractivity contribution in [3.05, 3.63) is 58.7 Å². The summed E-state index contributed by atoms with van der Waals surface area (Å²) in [4.78, 5) is 74.3. The average molecular weight is 504 g/mol. The fourth-order valence-electron chi connectivity index (χ4n) is 2.95. The van der Waals surface area contributed by atoms with E-state index in [9.17, 15) is 28.8 Å². The van der Waals surface area contributed by atoms with E-state index in [4.69, 9.17) is 12.8 Å². The maximum Gasteiger partial charge on any atom is 0.387 e. The molecule has 0 saturated carbocycles. The Morgan fingerprint density at radius 3 is 1.41 bits per heavy atom. The molecule has 37 heavy (non-hydrogen) atoms. The number of ketones is 2. The van der Waals surface area contributed by atoms with Crippen molar-refractivity contribution >= 4 is 46.8 Å². The summed E-state index contributed by atoms with van der Waals surface area (Å²) in [5, 5.41) is 5.39. The number of carbonyl (C=O) groups is 6. The van der Waals surface area contributed by atoms with Crippen molar-refractivity contribution < 1.29 is 43.0 Å². The first-order valence-electron chi connectivity index (χ1n) is 10.3. The second-order valence-electron chi connectivity index (χ2n) is 6.95. The number of anilines is 2. The van der Waals surface area contributed by atoms with Gasteiger partial charge in [0.15, 0.2) is 0 Å². The van der Waals surface area contributed by atoms with E-state index in [0.29, 0.717) is 0 Å². The molecule has 2 aromatic rings. The lowest BCUT2D eigenvalue weighted by Crippen LogP contribution is -2.28. The fraction of sp³-hybridized carbons (Fsp3) is 0.154. The molecule has 0 radical (unpaired) electrons. The van der Waals surface area contributed by atoms with Gasteiger partial charge in [-0.05, 0) is 36.4 Å². The topological polar surface area (TPSA) is 154 Å². The lowest BCUT2D eigenvalue weighted by molar-refractivity contribution is -0.152. The number of hydrogen-bond acceptors (Lipinski definition) is 11. The monoisotopic (exact) mass is 504 g/mol. The van der Waals surface area contributed by atoms with Gasteiger partial charge in [-0.3, -0.25) is 9.59 Å². The van der Waals surface area contributed by atoms with Gasteiger partial charge in [-0.2, -0.15) is 0 Å². The summed E-state index contributed by atoms with van der Waals surface area (Å²) in [6.45, 7) is -0.0669. The lowest BCUT2D eigenvalue weighted by Gasteiger charge is -2.12. The molecule has 0 unspecified atom stereocenters. The summed E-state index contributed by atoms with van der Waals surface area (Å²) in [6, 6.07) is 7.34. The highest BCUT2D eigenvalue weighted by atomic mass is 16.6. The number of carbonyl (C=O) groups excluding carboxylic acids is 6. The minimum absolute atomic E-state index is 0.0334. The fourth-order valence-corrected chi connectivity index (χ4v) is 2.95. The number of rotatable bonds is 10. The van der Waals surface area contributed by atoms with Gasteiger partial charge in [0.25, 0.3) is 11.6 Å². The summed E-state index contributed by atoms with van der Waals surface area (Å²) < 4.78 is 13.7. The van der Waals surface area contributed by atoms with Crippen LogP contribution in [0.2, 0.25) is 0 Å². The quantitative estimate of drug-likeness (QED) is 0.121. The van der Waals surface area contributed by atoms with Crippen LogP contribution in [0, 0.1) is 24.7 Å². The van der Waals surface area contributed by atoms with E-state index in [0.717, 1.165) is 26.4 Å². The zero-order valence-corrected chi connectivity index (χ0v) is 19.7. The second kappa shape index (κ2) is 12.9. The van der Waals surface area contributed by atoms with Gasteiger partial charge in [0, 0.05) is 11.4 Å². The Morgan fingerprint density at radius 2 is 1.08 bits per heavy atom. The third-order valence-corrected chi connectivity index (χ3v) is 4.69. The van der Waals surface area contributed by atoms with Crippen LogP contribution in [0.1, 0.15) is 41.4 Å². The zero-order chi connectivity index (χ0) is 27.5. The number of esters is 4. The molecular formula is C26H20N2O9. The molecule has 0 bridgehead atoms. The van der Waals surface area contributed by atoms with Crippen LogP contribution >= 0.6 is 0 Å². The maximum atomic E-state index is 12.8. The molecule has 0 heterocycles. The van der Waals surface area contributed by atoms with Gasteiger partial charge < -0.3 is 24.8 Å². The molecule has 188 valence electrons. The van der Waals surface area contributed by atoms with Crippen LogP contribution in [-0.4, -0.2) is 62.8 Å². The van der Waals surface area contributed by atoms with Crippen LogP contribution in [0.15, 0.2) is 36.4 Å². The van der Waals surface area contributed by atoms with Crippen LogP contribution in [0.5, 0.6) is 0 Å². The minimum atomic E-state index is -1.70. The number of Topliss-reactive ketones (excluding diaryl/α,β-unsaturated/α-hetero) is 2. The zero-order valence-electron chi connectivity index (χ0n) is 19.7. The van der Waals surface area contributed by atoms with Crippen LogP contribution < -0.4 is 10.6 Å². The predicted molar refractivity (Wildman–Crippen MR) is 130 cm³/mol. The third kappa shape index (κ3) is 6.81. The van der Waals surface area contributed by atoms with Crippen molar-refractivity contribution in [3.63, 3.8) is 0 Å². The normalized spacial score (nSPS) is 9.62. The Balaban J connectivity index is 2.36. The Bertz CT molecular complexity index is 1260. The van der Waals surface area contributed by atoms with Crippen molar-refractivity contribution in [1.82, 2.24) is 0 Å². The van der Waals surface area contributed by atoms with Gasteiger partial charge in [0.05, 0.1) is 49.6 Å². The SMILES string of the molecule is C#CCNc1ccc(C(=O)OC)cc1C(=O)C(=O)OC(=O)C(=O)c1cc(C(=O)OC)ccc1NCC#C.